The van der Waals surface area contributed by atoms with Gasteiger partial charge in [0, 0.05) is 41.6 Å². The molecular formula is C14H19N5S. The normalized spacial score (nSPS) is 11.8. The summed E-state index contributed by atoms with van der Waals surface area (Å²) in [5, 5.41) is 9.94. The molecule has 0 amide bonds. The standard InChI is InChI=1S/C14H19N5S/c1-10(2)15-6-12-7-16-19(11(12)3)9-13-8-18-4-5-20-14(18)17-13/h4-5,7-8,10,15H,6,9H2,1-3H3. The minimum atomic E-state index is 0.484. The summed E-state index contributed by atoms with van der Waals surface area (Å²) in [5.41, 5.74) is 3.50. The maximum absolute atomic E-state index is 4.60. The first-order valence-electron chi connectivity index (χ1n) is 6.79. The Hall–Kier alpha value is -1.66. The highest BCUT2D eigenvalue weighted by Crippen LogP contribution is 2.14. The van der Waals surface area contributed by atoms with E-state index in [1.54, 1.807) is 11.3 Å². The van der Waals surface area contributed by atoms with Crippen molar-refractivity contribution in [2.75, 3.05) is 0 Å². The molecule has 6 heteroatoms. The number of nitrogens with zero attached hydrogens (tertiary/aromatic N) is 4. The van der Waals surface area contributed by atoms with Gasteiger partial charge in [0.25, 0.3) is 0 Å². The van der Waals surface area contributed by atoms with Crippen molar-refractivity contribution in [1.29, 1.82) is 0 Å². The molecule has 0 radical (unpaired) electrons. The monoisotopic (exact) mass is 289 g/mol. The van der Waals surface area contributed by atoms with E-state index in [0.29, 0.717) is 6.04 Å². The maximum Gasteiger partial charge on any atom is 0.193 e. The number of imidazole rings is 1. The third kappa shape index (κ3) is 2.62. The molecule has 0 aliphatic rings. The van der Waals surface area contributed by atoms with E-state index >= 15 is 0 Å². The van der Waals surface area contributed by atoms with Crippen LogP contribution in [0.1, 0.15) is 30.8 Å². The molecule has 1 N–H and O–H groups in total. The van der Waals surface area contributed by atoms with Crippen LogP contribution in [0.3, 0.4) is 0 Å². The van der Waals surface area contributed by atoms with Crippen molar-refractivity contribution in [2.45, 2.75) is 39.9 Å². The molecule has 0 aliphatic heterocycles. The zero-order valence-corrected chi connectivity index (χ0v) is 12.8. The van der Waals surface area contributed by atoms with Crippen LogP contribution in [0.25, 0.3) is 4.96 Å². The molecule has 5 nitrogen and oxygen atoms in total. The van der Waals surface area contributed by atoms with E-state index in [1.807, 2.05) is 22.5 Å². The number of hydrogen-bond acceptors (Lipinski definition) is 4. The lowest BCUT2D eigenvalue weighted by Gasteiger charge is -2.08. The number of thiazole rings is 1. The van der Waals surface area contributed by atoms with Crippen molar-refractivity contribution in [3.63, 3.8) is 0 Å². The summed E-state index contributed by atoms with van der Waals surface area (Å²) in [6.07, 6.45) is 6.05. The lowest BCUT2D eigenvalue weighted by molar-refractivity contribution is 0.585. The predicted molar refractivity (Wildman–Crippen MR) is 81.1 cm³/mol. The van der Waals surface area contributed by atoms with Crippen LogP contribution in [0, 0.1) is 6.92 Å². The van der Waals surface area contributed by atoms with Crippen molar-refractivity contribution in [1.82, 2.24) is 24.5 Å². The Labute approximate surface area is 122 Å². The van der Waals surface area contributed by atoms with E-state index < -0.39 is 0 Å². The van der Waals surface area contributed by atoms with E-state index in [-0.39, 0.29) is 0 Å². The van der Waals surface area contributed by atoms with E-state index in [4.69, 9.17) is 0 Å². The first-order chi connectivity index (χ1) is 9.63. The molecule has 0 fully saturated rings. The topological polar surface area (TPSA) is 47.2 Å². The van der Waals surface area contributed by atoms with Crippen LogP contribution in [0.5, 0.6) is 0 Å². The number of fused-ring (bicyclic) bond motifs is 1. The van der Waals surface area contributed by atoms with Crippen molar-refractivity contribution >= 4 is 16.3 Å². The van der Waals surface area contributed by atoms with Crippen molar-refractivity contribution < 1.29 is 0 Å². The first kappa shape index (κ1) is 13.3. The Balaban J connectivity index is 1.75. The molecule has 3 aromatic heterocycles. The Morgan fingerprint density at radius 1 is 1.40 bits per heavy atom. The van der Waals surface area contributed by atoms with Gasteiger partial charge in [-0.3, -0.25) is 9.08 Å². The second-order valence-electron chi connectivity index (χ2n) is 5.27. The summed E-state index contributed by atoms with van der Waals surface area (Å²) in [7, 11) is 0. The SMILES string of the molecule is Cc1c(CNC(C)C)cnn1Cc1cn2ccsc2n1. The van der Waals surface area contributed by atoms with Crippen LogP contribution < -0.4 is 5.32 Å². The Bertz CT molecular complexity index is 678. The second kappa shape index (κ2) is 5.38. The Morgan fingerprint density at radius 2 is 2.25 bits per heavy atom. The van der Waals surface area contributed by atoms with Crippen LogP contribution in [0.4, 0.5) is 0 Å². The smallest absolute Gasteiger partial charge is 0.193 e. The summed E-state index contributed by atoms with van der Waals surface area (Å²) >= 11 is 1.65. The van der Waals surface area contributed by atoms with Gasteiger partial charge in [-0.2, -0.15) is 5.10 Å². The predicted octanol–water partition coefficient (Wildman–Crippen LogP) is 2.45. The van der Waals surface area contributed by atoms with Gasteiger partial charge < -0.3 is 5.32 Å². The molecular weight excluding hydrogens is 270 g/mol. The fourth-order valence-corrected chi connectivity index (χ4v) is 2.86. The summed E-state index contributed by atoms with van der Waals surface area (Å²) in [6.45, 7) is 8.00. The summed E-state index contributed by atoms with van der Waals surface area (Å²) in [5.74, 6) is 0. The molecule has 0 spiro atoms. The fraction of sp³-hybridized carbons (Fsp3) is 0.429. The van der Waals surface area contributed by atoms with Gasteiger partial charge >= 0.3 is 0 Å². The summed E-state index contributed by atoms with van der Waals surface area (Å²) < 4.78 is 4.07. The van der Waals surface area contributed by atoms with Gasteiger partial charge in [0.1, 0.15) is 0 Å². The number of nitrogens with one attached hydrogen (secondary N) is 1. The molecule has 106 valence electrons. The minimum Gasteiger partial charge on any atom is -0.310 e. The molecule has 3 aromatic rings. The van der Waals surface area contributed by atoms with Gasteiger partial charge in [0.05, 0.1) is 18.4 Å². The molecule has 20 heavy (non-hydrogen) atoms. The molecule has 0 saturated carbocycles. The van der Waals surface area contributed by atoms with Crippen molar-refractivity contribution in [3.05, 3.63) is 40.9 Å². The lowest BCUT2D eigenvalue weighted by Crippen LogP contribution is -2.22. The molecule has 0 aliphatic carbocycles. The lowest BCUT2D eigenvalue weighted by atomic mass is 10.2. The van der Waals surface area contributed by atoms with Gasteiger partial charge in [0.2, 0.25) is 0 Å². The third-order valence-corrected chi connectivity index (χ3v) is 4.13. The maximum atomic E-state index is 4.60. The van der Waals surface area contributed by atoms with Crippen LogP contribution >= 0.6 is 11.3 Å². The second-order valence-corrected chi connectivity index (χ2v) is 6.15. The van der Waals surface area contributed by atoms with E-state index in [9.17, 15) is 0 Å². The quantitative estimate of drug-likeness (QED) is 0.785. The van der Waals surface area contributed by atoms with Crippen LogP contribution in [0.15, 0.2) is 24.0 Å². The average molecular weight is 289 g/mol. The molecule has 0 bridgehead atoms. The summed E-state index contributed by atoms with van der Waals surface area (Å²) in [6, 6.07) is 0.484. The van der Waals surface area contributed by atoms with E-state index in [0.717, 1.165) is 23.7 Å². The largest absolute Gasteiger partial charge is 0.310 e. The van der Waals surface area contributed by atoms with Crippen LogP contribution in [-0.4, -0.2) is 25.2 Å². The van der Waals surface area contributed by atoms with E-state index in [1.165, 1.54) is 11.3 Å². The van der Waals surface area contributed by atoms with Gasteiger partial charge in [-0.25, -0.2) is 4.98 Å². The number of rotatable bonds is 5. The van der Waals surface area contributed by atoms with E-state index in [2.05, 4.69) is 46.8 Å². The molecule has 3 heterocycles. The highest BCUT2D eigenvalue weighted by molar-refractivity contribution is 7.15. The minimum absolute atomic E-state index is 0.484. The van der Waals surface area contributed by atoms with Gasteiger partial charge in [-0.05, 0) is 6.92 Å². The molecule has 0 atom stereocenters. The molecule has 0 aromatic carbocycles. The van der Waals surface area contributed by atoms with Crippen molar-refractivity contribution in [3.8, 4) is 0 Å². The van der Waals surface area contributed by atoms with Crippen LogP contribution in [0.2, 0.25) is 0 Å². The van der Waals surface area contributed by atoms with Gasteiger partial charge in [0.15, 0.2) is 4.96 Å². The highest BCUT2D eigenvalue weighted by Gasteiger charge is 2.09. The van der Waals surface area contributed by atoms with Crippen LogP contribution in [-0.2, 0) is 13.1 Å². The number of hydrogen-bond donors (Lipinski definition) is 1. The van der Waals surface area contributed by atoms with Gasteiger partial charge in [-0.1, -0.05) is 13.8 Å². The van der Waals surface area contributed by atoms with Gasteiger partial charge in [-0.15, -0.1) is 11.3 Å². The number of aromatic nitrogens is 4. The average Bonchev–Trinajstić information content (AvgIpc) is 3.04. The Morgan fingerprint density at radius 3 is 3.00 bits per heavy atom. The molecule has 0 saturated heterocycles. The highest BCUT2D eigenvalue weighted by atomic mass is 32.1. The third-order valence-electron chi connectivity index (χ3n) is 3.36. The Kier molecular flexibility index (Phi) is 3.58. The summed E-state index contributed by atoms with van der Waals surface area (Å²) in [4.78, 5) is 5.63. The molecule has 0 unspecified atom stereocenters. The molecule has 3 rings (SSSR count). The zero-order chi connectivity index (χ0) is 14.1. The first-order valence-corrected chi connectivity index (χ1v) is 7.67. The fourth-order valence-electron chi connectivity index (χ4n) is 2.14. The zero-order valence-electron chi connectivity index (χ0n) is 12.0. The van der Waals surface area contributed by atoms with Crippen molar-refractivity contribution in [2.24, 2.45) is 0 Å².